The van der Waals surface area contributed by atoms with Gasteiger partial charge in [-0.15, -0.1) is 0 Å². The molecule has 8 heterocycles. The van der Waals surface area contributed by atoms with Crippen molar-refractivity contribution in [2.45, 2.75) is 10.8 Å². The summed E-state index contributed by atoms with van der Waals surface area (Å²) in [5.74, 6) is 0. The third-order valence-corrected chi connectivity index (χ3v) is 25.0. The average molecular weight is 1290 g/mol. The number of nitrogens with zero attached hydrogens (tertiary/aromatic N) is 4. The van der Waals surface area contributed by atoms with E-state index >= 15 is 0 Å². The van der Waals surface area contributed by atoms with Gasteiger partial charge in [-0.05, 0) is 126 Å². The largest absolute Gasteiger partial charge is 0.308 e. The first kappa shape index (κ1) is 52.8. The van der Waals surface area contributed by atoms with Crippen LogP contribution in [0.1, 0.15) is 44.5 Å². The van der Waals surface area contributed by atoms with Gasteiger partial charge in [0, 0.05) is 86.2 Å². The van der Waals surface area contributed by atoms with Gasteiger partial charge in [0.25, 0.3) is 0 Å². The second kappa shape index (κ2) is 18.1. The standard InChI is InChI=1S/C98H54N4/c1-4-22-57(23-5-1)97(58-24-6-2-7-25-58)75-38-16-11-30-65(75)85-76(97)49-51-80-86(85)68-33-20-34-69-87-83(101(80)93(68)69)54-73-63-47-44-56(52-82(63)100-79-41-19-14-32-67(79)91(87)96(73)100)55-42-45-60(46-43-55)98(59-26-8-3-9-27-59)74-37-15-10-28-61(74)64-48-50-81-89(92(64)98)71-36-21-35-70-88-84(102(81)94(70)71)53-72-62-29-12-17-39-77(62)99-78-40-18-13-31-66(78)90(88)95(72)99/h1-54H. The van der Waals surface area contributed by atoms with Gasteiger partial charge in [0.15, 0.2) is 0 Å². The summed E-state index contributed by atoms with van der Waals surface area (Å²) in [6.07, 6.45) is 0. The molecule has 24 aromatic rings. The fourth-order valence-corrected chi connectivity index (χ4v) is 21.4. The Hall–Kier alpha value is -13.3. The molecule has 0 amide bonds. The minimum absolute atomic E-state index is 0.495. The molecular formula is C98H54N4. The second-order valence-electron chi connectivity index (χ2n) is 29.1. The molecule has 1 atom stereocenters. The summed E-state index contributed by atoms with van der Waals surface area (Å²) in [6, 6.07) is 125. The number of benzene rings is 16. The smallest absolute Gasteiger partial charge is 0.0720 e. The Morgan fingerprint density at radius 1 is 0.186 bits per heavy atom. The third-order valence-electron chi connectivity index (χ3n) is 25.0. The van der Waals surface area contributed by atoms with Crippen molar-refractivity contribution in [3.8, 4) is 33.4 Å². The number of hydrogen-bond donors (Lipinski definition) is 0. The Morgan fingerprint density at radius 3 is 1.22 bits per heavy atom. The van der Waals surface area contributed by atoms with Crippen LogP contribution in [0, 0.1) is 0 Å². The highest BCUT2D eigenvalue weighted by molar-refractivity contribution is 6.40. The lowest BCUT2D eigenvalue weighted by Gasteiger charge is -2.34. The first-order valence-corrected chi connectivity index (χ1v) is 35.8. The van der Waals surface area contributed by atoms with Crippen LogP contribution in [0.15, 0.2) is 328 Å². The van der Waals surface area contributed by atoms with Gasteiger partial charge in [-0.3, -0.25) is 0 Å². The van der Waals surface area contributed by atoms with Crippen molar-refractivity contribution in [3.05, 3.63) is 372 Å². The number of para-hydroxylation sites is 5. The highest BCUT2D eigenvalue weighted by Crippen LogP contribution is 2.63. The molecule has 4 nitrogen and oxygen atoms in total. The predicted octanol–water partition coefficient (Wildman–Crippen LogP) is 24.7. The van der Waals surface area contributed by atoms with Crippen molar-refractivity contribution < 1.29 is 0 Å². The lowest BCUT2D eigenvalue weighted by Crippen LogP contribution is -2.28. The van der Waals surface area contributed by atoms with E-state index in [1.54, 1.807) is 0 Å². The maximum absolute atomic E-state index is 2.63. The van der Waals surface area contributed by atoms with Gasteiger partial charge in [-0.1, -0.05) is 279 Å². The summed E-state index contributed by atoms with van der Waals surface area (Å²) in [6.45, 7) is 0. The molecule has 0 N–H and O–H groups in total. The van der Waals surface area contributed by atoms with Crippen LogP contribution in [0.4, 0.5) is 0 Å². The summed E-state index contributed by atoms with van der Waals surface area (Å²) in [7, 11) is 0. The summed E-state index contributed by atoms with van der Waals surface area (Å²) >= 11 is 0. The first-order valence-electron chi connectivity index (χ1n) is 35.8. The lowest BCUT2D eigenvalue weighted by atomic mass is 9.66. The molecule has 2 aliphatic rings. The van der Waals surface area contributed by atoms with E-state index in [0.29, 0.717) is 0 Å². The van der Waals surface area contributed by atoms with E-state index in [1.807, 2.05) is 0 Å². The molecule has 0 aliphatic heterocycles. The van der Waals surface area contributed by atoms with Crippen molar-refractivity contribution in [1.82, 2.24) is 17.6 Å². The first-order chi connectivity index (χ1) is 50.7. The Labute approximate surface area is 582 Å². The molecule has 0 saturated heterocycles. The molecule has 0 bridgehead atoms. The quantitative estimate of drug-likeness (QED) is 0.163. The molecule has 8 aromatic heterocycles. The summed E-state index contributed by atoms with van der Waals surface area (Å²) in [5, 5.41) is 20.8. The van der Waals surface area contributed by atoms with Crippen LogP contribution in [0.5, 0.6) is 0 Å². The van der Waals surface area contributed by atoms with Crippen molar-refractivity contribution in [2.75, 3.05) is 0 Å². The van der Waals surface area contributed by atoms with Gasteiger partial charge >= 0.3 is 0 Å². The Bertz CT molecular complexity index is 7800. The van der Waals surface area contributed by atoms with Gasteiger partial charge in [0.05, 0.1) is 77.0 Å². The average Bonchev–Trinajstić information content (AvgIpc) is 1.50. The van der Waals surface area contributed by atoms with Crippen LogP contribution in [0.25, 0.3) is 186 Å². The molecule has 4 heteroatoms. The maximum Gasteiger partial charge on any atom is 0.0720 e. The zero-order valence-electron chi connectivity index (χ0n) is 55.0. The summed E-state index contributed by atoms with van der Waals surface area (Å²) in [4.78, 5) is 0. The Morgan fingerprint density at radius 2 is 0.608 bits per heavy atom. The fourth-order valence-electron chi connectivity index (χ4n) is 21.4. The second-order valence-corrected chi connectivity index (χ2v) is 29.1. The van der Waals surface area contributed by atoms with Gasteiger partial charge < -0.3 is 17.6 Å². The van der Waals surface area contributed by atoms with Crippen LogP contribution in [0.2, 0.25) is 0 Å². The van der Waals surface area contributed by atoms with Crippen LogP contribution in [0.3, 0.4) is 0 Å². The SMILES string of the molecule is c1ccc(C2(c3ccccc3)c3ccccc3-c3c2ccc2c3c3cccc4c5c6c7ccccc7n7c8cc(-c9ccc(C%10(c%11ccccc%11)c%11ccccc%11-c%11ccc%12c(c%11%10)c%10cccc%11c%13c%14c%15ccccc%15n%15c%16ccccc%16c(cc%13n%12c%10%11)c%14%15)cc9)ccc8c(cc5n2c34)c67)cc1. The van der Waals surface area contributed by atoms with E-state index in [2.05, 4.69) is 345 Å². The Balaban J connectivity index is 0.684. The highest BCUT2D eigenvalue weighted by atomic mass is 15.0. The molecule has 26 rings (SSSR count). The summed E-state index contributed by atoms with van der Waals surface area (Å²) < 4.78 is 10.4. The van der Waals surface area contributed by atoms with Crippen LogP contribution in [-0.4, -0.2) is 17.6 Å². The molecule has 0 fully saturated rings. The molecule has 0 radical (unpaired) electrons. The minimum atomic E-state index is -0.656. The fraction of sp³-hybridized carbons (Fsp3) is 0.0204. The lowest BCUT2D eigenvalue weighted by molar-refractivity contribution is 0.769. The zero-order chi connectivity index (χ0) is 65.7. The van der Waals surface area contributed by atoms with Gasteiger partial charge in [-0.2, -0.15) is 0 Å². The summed E-state index contributed by atoms with van der Waals surface area (Å²) in [5.41, 5.74) is 31.9. The van der Waals surface area contributed by atoms with Crippen molar-refractivity contribution in [3.63, 3.8) is 0 Å². The van der Waals surface area contributed by atoms with Crippen molar-refractivity contribution in [2.24, 2.45) is 0 Å². The van der Waals surface area contributed by atoms with Crippen LogP contribution < -0.4 is 0 Å². The predicted molar refractivity (Wildman–Crippen MR) is 425 cm³/mol. The van der Waals surface area contributed by atoms with Crippen LogP contribution in [-0.2, 0) is 10.8 Å². The van der Waals surface area contributed by atoms with E-state index in [9.17, 15) is 0 Å². The van der Waals surface area contributed by atoms with Gasteiger partial charge in [-0.25, -0.2) is 0 Å². The van der Waals surface area contributed by atoms with Gasteiger partial charge in [0.2, 0.25) is 0 Å². The van der Waals surface area contributed by atoms with Crippen molar-refractivity contribution >= 4 is 152 Å². The van der Waals surface area contributed by atoms with Crippen LogP contribution >= 0.6 is 0 Å². The number of hydrogen-bond acceptors (Lipinski definition) is 0. The molecule has 16 aromatic carbocycles. The number of aromatic nitrogens is 4. The topological polar surface area (TPSA) is 17.6 Å². The molecule has 0 spiro atoms. The third kappa shape index (κ3) is 5.83. The molecular weight excluding hydrogens is 1230 g/mol. The van der Waals surface area contributed by atoms with Crippen molar-refractivity contribution in [1.29, 1.82) is 0 Å². The molecule has 2 aliphatic carbocycles. The molecule has 1 unspecified atom stereocenters. The molecule has 0 saturated carbocycles. The molecule has 102 heavy (non-hydrogen) atoms. The van der Waals surface area contributed by atoms with E-state index in [1.165, 1.54) is 230 Å². The Kier molecular flexibility index (Phi) is 9.39. The monoisotopic (exact) mass is 1290 g/mol. The van der Waals surface area contributed by atoms with Gasteiger partial charge in [0.1, 0.15) is 0 Å². The minimum Gasteiger partial charge on any atom is -0.308 e. The molecule has 466 valence electrons. The highest BCUT2D eigenvalue weighted by Gasteiger charge is 2.50. The van der Waals surface area contributed by atoms with E-state index < -0.39 is 10.8 Å². The zero-order valence-corrected chi connectivity index (χ0v) is 55.0. The van der Waals surface area contributed by atoms with E-state index in [4.69, 9.17) is 0 Å². The van der Waals surface area contributed by atoms with E-state index in [0.717, 1.165) is 0 Å². The number of fused-ring (bicyclic) bond motifs is 34. The normalized spacial score (nSPS) is 15.2. The number of rotatable bonds is 5. The maximum atomic E-state index is 2.63. The van der Waals surface area contributed by atoms with E-state index in [-0.39, 0.29) is 0 Å².